The Hall–Kier alpha value is -2.42. The van der Waals surface area contributed by atoms with Crippen LogP contribution in [0.4, 0.5) is 0 Å². The number of benzene rings is 1. The van der Waals surface area contributed by atoms with Crippen LogP contribution < -0.4 is 0 Å². The molecule has 1 aromatic rings. The van der Waals surface area contributed by atoms with E-state index in [1.54, 1.807) is 26.0 Å². The van der Waals surface area contributed by atoms with Gasteiger partial charge in [-0.05, 0) is 264 Å². The molecule has 21 atom stereocenters. The molecule has 0 heterocycles. The van der Waals surface area contributed by atoms with Crippen LogP contribution in [0.2, 0.25) is 0 Å². The number of fused-ring (bicyclic) bond motifs is 4. The number of rotatable bonds is 27. The van der Waals surface area contributed by atoms with Crippen LogP contribution in [0, 0.1) is 135 Å². The van der Waals surface area contributed by atoms with Crippen LogP contribution in [0.25, 0.3) is 0 Å². The van der Waals surface area contributed by atoms with Gasteiger partial charge < -0.3 is 34.7 Å². The van der Waals surface area contributed by atoms with E-state index in [0.29, 0.717) is 58.5 Å². The Labute approximate surface area is 581 Å². The summed E-state index contributed by atoms with van der Waals surface area (Å²) in [6.45, 7) is 36.4. The Morgan fingerprint density at radius 2 is 0.832 bits per heavy atom. The number of hydrogen-bond acceptors (Lipinski definition) is 12. The SMILES string of the molecule is CC(CC=O)[C@H]1CCC2[C@@H](C)CCC[C@@]21C.CC(CCC(CO)CCO)[C@H]1CCC2[C@@H](C)CCC[C@@]21C.CC(CCC(CO)CO)[C@H]1CCC2[C@@H](C)CCC[C@@]21C.CCOC(=O)CCC(=O)OCC.Cc1ccc(S(=O)(=O)OCCC(C)[C@H]2CCC3[C@@H](C)CCC[C@@]32C)cc1. The van der Waals surface area contributed by atoms with E-state index in [0.717, 1.165) is 127 Å². The van der Waals surface area contributed by atoms with Crippen molar-refractivity contribution in [3.63, 3.8) is 0 Å². The van der Waals surface area contributed by atoms with Crippen LogP contribution in [0.5, 0.6) is 0 Å². The van der Waals surface area contributed by atoms with Gasteiger partial charge in [-0.2, -0.15) is 8.42 Å². The van der Waals surface area contributed by atoms with Crippen LogP contribution >= 0.6 is 0 Å². The molecule has 8 fully saturated rings. The first kappa shape index (κ1) is 83.2. The number of hydrogen-bond donors (Lipinski definition) is 4. The van der Waals surface area contributed by atoms with Crippen LogP contribution in [0.3, 0.4) is 0 Å². The zero-order valence-electron chi connectivity index (χ0n) is 63.2. The predicted octanol–water partition coefficient (Wildman–Crippen LogP) is 18.6. The molecule has 95 heavy (non-hydrogen) atoms. The second-order valence-corrected chi connectivity index (χ2v) is 35.5. The molecule has 0 radical (unpaired) electrons. The van der Waals surface area contributed by atoms with Gasteiger partial charge in [0, 0.05) is 38.8 Å². The second-order valence-electron chi connectivity index (χ2n) is 33.9. The molecule has 0 amide bonds. The summed E-state index contributed by atoms with van der Waals surface area (Å²) < 4.78 is 39.3. The number of carbonyl (C=O) groups is 3. The summed E-state index contributed by atoms with van der Waals surface area (Å²) in [5, 5.41) is 36.9. The third-order valence-electron chi connectivity index (χ3n) is 28.0. The maximum atomic E-state index is 12.4. The first-order valence-electron chi connectivity index (χ1n) is 39.2. The van der Waals surface area contributed by atoms with Gasteiger partial charge in [0.2, 0.25) is 0 Å². The Kier molecular flexibility index (Phi) is 34.8. The van der Waals surface area contributed by atoms with E-state index in [1.807, 2.05) is 19.1 Å². The molecule has 4 N–H and O–H groups in total. The molecular weight excluding hydrogens is 1210 g/mol. The average molecular weight is 1350 g/mol. The number of esters is 2. The number of ether oxygens (including phenoxy) is 2. The monoisotopic (exact) mass is 1350 g/mol. The molecule has 550 valence electrons. The summed E-state index contributed by atoms with van der Waals surface area (Å²) in [5.74, 6) is 12.7. The van der Waals surface area contributed by atoms with Crippen LogP contribution in [0.1, 0.15) is 289 Å². The fourth-order valence-electron chi connectivity index (χ4n) is 22.6. The van der Waals surface area contributed by atoms with Crippen LogP contribution in [-0.4, -0.2) is 93.3 Å². The fraction of sp³-hybridized carbons (Fsp3) is 0.890. The molecule has 13 heteroatoms. The third-order valence-corrected chi connectivity index (χ3v) is 29.4. The Bertz CT molecular complexity index is 2470. The molecule has 12 nitrogen and oxygen atoms in total. The Morgan fingerprint density at radius 3 is 1.16 bits per heavy atom. The van der Waals surface area contributed by atoms with Crippen LogP contribution in [0.15, 0.2) is 29.2 Å². The summed E-state index contributed by atoms with van der Waals surface area (Å²) in [7, 11) is -3.64. The third kappa shape index (κ3) is 22.3. The number of aldehydes is 1. The van der Waals surface area contributed by atoms with Gasteiger partial charge in [-0.1, -0.05) is 159 Å². The van der Waals surface area contributed by atoms with Gasteiger partial charge in [-0.3, -0.25) is 13.8 Å². The zero-order chi connectivity index (χ0) is 70.3. The molecule has 0 bridgehead atoms. The normalized spacial score (nSPS) is 34.6. The smallest absolute Gasteiger partial charge is 0.306 e. The first-order valence-corrected chi connectivity index (χ1v) is 40.6. The van der Waals surface area contributed by atoms with Crippen molar-refractivity contribution in [2.24, 2.45) is 128 Å². The minimum atomic E-state index is -3.64. The lowest BCUT2D eigenvalue weighted by Crippen LogP contribution is -2.38. The van der Waals surface area contributed by atoms with Crippen molar-refractivity contribution < 1.29 is 56.9 Å². The minimum absolute atomic E-state index is 0.0905. The second kappa shape index (κ2) is 39.7. The van der Waals surface area contributed by atoms with Crippen molar-refractivity contribution in [3.8, 4) is 0 Å². The standard InChI is InChI=1S/C22H34O3S.C19H36O2.C18H34O2.C15H26O.C8H14O4/c1-16-7-9-19(10-8-16)26(23,24)25-15-13-18(3)21-12-11-20-17(2)6-5-14-22(20,21)4;1-14-5-4-11-19(3)17(14)8-9-18(19)15(2)6-7-16(13-21)10-12-20;1-13-5-4-10-18(3)16(13)8-9-17(18)14(2)6-7-15(11-19)12-20;1-11-5-4-9-15(3)13(11)6-7-14(15)12(2)8-10-16;1-3-11-7(9)5-6-8(10)12-4-2/h7-10,17-18,20-21H,5-6,11-15H2,1-4H3;14-18,20-21H,4-13H2,1-3H3;13-17,19-20H,4-12H2,1-3H3;10-14H,4-9H2,1-3H3;3-6H2,1-2H3/t17-,18?,20?,21+,22-;14-,15?,16?,17?,18+,19-;13-,14?,16?,17+,18-;11-,12?,13?,14+,15-;/m0000./s1. The summed E-state index contributed by atoms with van der Waals surface area (Å²) >= 11 is 0. The number of aliphatic hydroxyl groups is 4. The molecule has 0 aromatic heterocycles. The maximum absolute atomic E-state index is 12.4. The average Bonchev–Trinajstić information content (AvgIpc) is 1.68. The quantitative estimate of drug-likeness (QED) is 0.0370. The lowest BCUT2D eigenvalue weighted by molar-refractivity contribution is -0.149. The molecule has 0 spiro atoms. The molecule has 9 rings (SSSR count). The predicted molar refractivity (Wildman–Crippen MR) is 387 cm³/mol. The van der Waals surface area contributed by atoms with Crippen molar-refractivity contribution in [1.82, 2.24) is 0 Å². The lowest BCUT2D eigenvalue weighted by atomic mass is 9.59. The van der Waals surface area contributed by atoms with Crippen molar-refractivity contribution in [1.29, 1.82) is 0 Å². The fourth-order valence-corrected chi connectivity index (χ4v) is 23.5. The van der Waals surface area contributed by atoms with E-state index in [9.17, 15) is 38.1 Å². The topological polar surface area (TPSA) is 194 Å². The minimum Gasteiger partial charge on any atom is -0.466 e. The molecular formula is C82H144O12S. The summed E-state index contributed by atoms with van der Waals surface area (Å²) in [5.41, 5.74) is 3.16. The molecule has 8 saturated carbocycles. The molecule has 8 aliphatic carbocycles. The Balaban J connectivity index is 0.000000220. The maximum Gasteiger partial charge on any atom is 0.306 e. The van der Waals surface area contributed by atoms with Gasteiger partial charge >= 0.3 is 11.9 Å². The van der Waals surface area contributed by atoms with E-state index in [4.69, 9.17) is 9.29 Å². The van der Waals surface area contributed by atoms with Gasteiger partial charge in [0.25, 0.3) is 10.1 Å². The number of aryl methyl sites for hydroxylation is 1. The number of aliphatic hydroxyl groups excluding tert-OH is 4. The lowest BCUT2D eigenvalue weighted by Gasteiger charge is -2.46. The van der Waals surface area contributed by atoms with Gasteiger partial charge in [0.05, 0.1) is 37.6 Å². The highest BCUT2D eigenvalue weighted by Gasteiger charge is 2.55. The summed E-state index contributed by atoms with van der Waals surface area (Å²) in [6, 6.07) is 6.87. The molecule has 0 saturated heterocycles. The van der Waals surface area contributed by atoms with Gasteiger partial charge in [-0.25, -0.2) is 0 Å². The van der Waals surface area contributed by atoms with E-state index >= 15 is 0 Å². The van der Waals surface area contributed by atoms with Crippen molar-refractivity contribution >= 4 is 28.3 Å². The first-order chi connectivity index (χ1) is 45.1. The highest BCUT2D eigenvalue weighted by atomic mass is 32.2. The summed E-state index contributed by atoms with van der Waals surface area (Å²) in [6.07, 6.45) is 36.0. The van der Waals surface area contributed by atoms with Crippen molar-refractivity contribution in [3.05, 3.63) is 29.8 Å². The highest BCUT2D eigenvalue weighted by molar-refractivity contribution is 7.86. The highest BCUT2D eigenvalue weighted by Crippen LogP contribution is 2.63. The largest absolute Gasteiger partial charge is 0.466 e. The van der Waals surface area contributed by atoms with Crippen LogP contribution in [-0.2, 0) is 38.2 Å². The zero-order valence-corrected chi connectivity index (χ0v) is 64.0. The molecule has 1 aromatic carbocycles. The van der Waals surface area contributed by atoms with Gasteiger partial charge in [0.1, 0.15) is 6.29 Å². The summed E-state index contributed by atoms with van der Waals surface area (Å²) in [4.78, 5) is 32.4. The van der Waals surface area contributed by atoms with Crippen molar-refractivity contribution in [2.45, 2.75) is 295 Å². The van der Waals surface area contributed by atoms with E-state index in [1.165, 1.54) is 135 Å². The van der Waals surface area contributed by atoms with E-state index in [-0.39, 0.29) is 68.6 Å². The molecule has 0 aliphatic heterocycles. The van der Waals surface area contributed by atoms with E-state index < -0.39 is 10.1 Å². The molecule has 9 unspecified atom stereocenters. The number of carbonyl (C=O) groups excluding carboxylic acids is 3. The van der Waals surface area contributed by atoms with Gasteiger partial charge in [-0.15, -0.1) is 0 Å². The van der Waals surface area contributed by atoms with Crippen molar-refractivity contribution in [2.75, 3.05) is 46.2 Å². The molecule has 8 aliphatic rings. The van der Waals surface area contributed by atoms with E-state index in [2.05, 4.69) is 92.6 Å². The van der Waals surface area contributed by atoms with Gasteiger partial charge in [0.15, 0.2) is 0 Å². The Morgan fingerprint density at radius 1 is 0.495 bits per heavy atom.